The molecule has 1 aliphatic rings. The van der Waals surface area contributed by atoms with Gasteiger partial charge in [-0.25, -0.2) is 0 Å². The first kappa shape index (κ1) is 14.0. The van der Waals surface area contributed by atoms with E-state index < -0.39 is 0 Å². The maximum atomic E-state index is 12.3. The fourth-order valence-electron chi connectivity index (χ4n) is 3.11. The largest absolute Gasteiger partial charge is 0.451 e. The Morgan fingerprint density at radius 3 is 2.81 bits per heavy atom. The Balaban J connectivity index is 1.72. The first-order valence-corrected chi connectivity index (χ1v) is 7.63. The molecule has 0 bridgehead atoms. The molecule has 1 aliphatic carbocycles. The molecule has 0 aliphatic heterocycles. The maximum Gasteiger partial charge on any atom is 0.287 e. The molecule has 1 saturated carbocycles. The van der Waals surface area contributed by atoms with Crippen molar-refractivity contribution in [3.63, 3.8) is 0 Å². The summed E-state index contributed by atoms with van der Waals surface area (Å²) in [4.78, 5) is 12.3. The van der Waals surface area contributed by atoms with Gasteiger partial charge in [0.2, 0.25) is 0 Å². The highest BCUT2D eigenvalue weighted by Crippen LogP contribution is 2.29. The summed E-state index contributed by atoms with van der Waals surface area (Å²) in [6.07, 6.45) is 3.26. The first-order valence-electron chi connectivity index (χ1n) is 7.63. The molecular weight excluding hydrogens is 264 g/mol. The number of hydrogen-bond donors (Lipinski definition) is 2. The van der Waals surface area contributed by atoms with E-state index >= 15 is 0 Å². The van der Waals surface area contributed by atoms with Gasteiger partial charge in [0.1, 0.15) is 5.58 Å². The number of furan rings is 1. The highest BCUT2D eigenvalue weighted by atomic mass is 16.3. The van der Waals surface area contributed by atoms with Crippen LogP contribution in [0.1, 0.15) is 43.7 Å². The SMILES string of the molecule is CC1CCC(NC(=O)c2cc3cc(N)ccc3o2)CC1C. The number of hydrogen-bond acceptors (Lipinski definition) is 3. The number of benzene rings is 1. The van der Waals surface area contributed by atoms with Crippen LogP contribution >= 0.6 is 0 Å². The maximum absolute atomic E-state index is 12.3. The van der Waals surface area contributed by atoms with Crippen molar-refractivity contribution in [2.75, 3.05) is 5.73 Å². The topological polar surface area (TPSA) is 68.3 Å². The van der Waals surface area contributed by atoms with Gasteiger partial charge < -0.3 is 15.5 Å². The Bertz CT molecular complexity index is 662. The van der Waals surface area contributed by atoms with E-state index in [9.17, 15) is 4.79 Å². The summed E-state index contributed by atoms with van der Waals surface area (Å²) < 4.78 is 5.61. The first-order chi connectivity index (χ1) is 10.0. The van der Waals surface area contributed by atoms with E-state index in [0.717, 1.165) is 24.1 Å². The molecule has 1 amide bonds. The average molecular weight is 286 g/mol. The zero-order valence-electron chi connectivity index (χ0n) is 12.6. The van der Waals surface area contributed by atoms with Crippen LogP contribution in [0.3, 0.4) is 0 Å². The molecule has 0 radical (unpaired) electrons. The third-order valence-corrected chi connectivity index (χ3v) is 4.70. The second-order valence-electron chi connectivity index (χ2n) is 6.35. The minimum atomic E-state index is -0.128. The molecule has 1 fully saturated rings. The predicted molar refractivity (Wildman–Crippen MR) is 84.1 cm³/mol. The summed E-state index contributed by atoms with van der Waals surface area (Å²) in [5.41, 5.74) is 7.11. The summed E-state index contributed by atoms with van der Waals surface area (Å²) in [5.74, 6) is 1.63. The molecule has 3 rings (SSSR count). The van der Waals surface area contributed by atoms with Crippen LogP contribution in [0.4, 0.5) is 5.69 Å². The Kier molecular flexibility index (Phi) is 3.62. The molecule has 3 unspecified atom stereocenters. The zero-order chi connectivity index (χ0) is 15.0. The number of nitrogens with two attached hydrogens (primary N) is 1. The highest BCUT2D eigenvalue weighted by molar-refractivity contribution is 5.96. The molecule has 1 heterocycles. The lowest BCUT2D eigenvalue weighted by atomic mass is 9.79. The Labute approximate surface area is 124 Å². The number of carbonyl (C=O) groups is 1. The quantitative estimate of drug-likeness (QED) is 0.829. The van der Waals surface area contributed by atoms with Crippen LogP contribution in [-0.4, -0.2) is 11.9 Å². The molecule has 2 aromatic rings. The van der Waals surface area contributed by atoms with Crippen molar-refractivity contribution in [1.82, 2.24) is 5.32 Å². The van der Waals surface area contributed by atoms with Crippen molar-refractivity contribution < 1.29 is 9.21 Å². The molecule has 3 N–H and O–H groups in total. The molecule has 112 valence electrons. The van der Waals surface area contributed by atoms with Crippen LogP contribution in [0.2, 0.25) is 0 Å². The lowest BCUT2D eigenvalue weighted by Crippen LogP contribution is -2.39. The van der Waals surface area contributed by atoms with Gasteiger partial charge >= 0.3 is 0 Å². The number of nitrogens with one attached hydrogen (secondary N) is 1. The van der Waals surface area contributed by atoms with Crippen LogP contribution in [-0.2, 0) is 0 Å². The minimum Gasteiger partial charge on any atom is -0.451 e. The molecule has 1 aromatic heterocycles. The number of fused-ring (bicyclic) bond motifs is 1. The highest BCUT2D eigenvalue weighted by Gasteiger charge is 2.26. The normalized spacial score (nSPS) is 25.9. The average Bonchev–Trinajstić information content (AvgIpc) is 2.86. The lowest BCUT2D eigenvalue weighted by molar-refractivity contribution is 0.0884. The van der Waals surface area contributed by atoms with E-state index in [4.69, 9.17) is 10.2 Å². The summed E-state index contributed by atoms with van der Waals surface area (Å²) >= 11 is 0. The Morgan fingerprint density at radius 1 is 1.24 bits per heavy atom. The minimum absolute atomic E-state index is 0.128. The molecule has 1 aromatic carbocycles. The number of anilines is 1. The van der Waals surface area contributed by atoms with Crippen molar-refractivity contribution in [2.24, 2.45) is 11.8 Å². The summed E-state index contributed by atoms with van der Waals surface area (Å²) in [6, 6.07) is 7.40. The zero-order valence-corrected chi connectivity index (χ0v) is 12.6. The van der Waals surface area contributed by atoms with E-state index in [-0.39, 0.29) is 11.9 Å². The number of amides is 1. The van der Waals surface area contributed by atoms with E-state index in [1.807, 2.05) is 6.07 Å². The summed E-state index contributed by atoms with van der Waals surface area (Å²) in [7, 11) is 0. The van der Waals surface area contributed by atoms with Crippen molar-refractivity contribution in [2.45, 2.75) is 39.2 Å². The van der Waals surface area contributed by atoms with Gasteiger partial charge in [-0.1, -0.05) is 13.8 Å². The van der Waals surface area contributed by atoms with Crippen LogP contribution in [0, 0.1) is 11.8 Å². The van der Waals surface area contributed by atoms with Gasteiger partial charge in [0.05, 0.1) is 0 Å². The van der Waals surface area contributed by atoms with Crippen molar-refractivity contribution in [1.29, 1.82) is 0 Å². The van der Waals surface area contributed by atoms with Crippen molar-refractivity contribution in [3.8, 4) is 0 Å². The third kappa shape index (κ3) is 2.89. The van der Waals surface area contributed by atoms with Crippen molar-refractivity contribution >= 4 is 22.6 Å². The van der Waals surface area contributed by atoms with Crippen molar-refractivity contribution in [3.05, 3.63) is 30.0 Å². The lowest BCUT2D eigenvalue weighted by Gasteiger charge is -2.32. The fourth-order valence-corrected chi connectivity index (χ4v) is 3.11. The smallest absolute Gasteiger partial charge is 0.287 e. The second-order valence-corrected chi connectivity index (χ2v) is 6.35. The van der Waals surface area contributed by atoms with E-state index in [1.54, 1.807) is 18.2 Å². The molecule has 4 nitrogen and oxygen atoms in total. The van der Waals surface area contributed by atoms with Crippen LogP contribution < -0.4 is 11.1 Å². The summed E-state index contributed by atoms with van der Waals surface area (Å²) in [5, 5.41) is 3.96. The van der Waals surface area contributed by atoms with Gasteiger partial charge in [0.25, 0.3) is 5.91 Å². The molecule has 0 spiro atoms. The van der Waals surface area contributed by atoms with E-state index in [2.05, 4.69) is 19.2 Å². The Morgan fingerprint density at radius 2 is 2.05 bits per heavy atom. The fraction of sp³-hybridized carbons (Fsp3) is 0.471. The van der Waals surface area contributed by atoms with Crippen LogP contribution in [0.5, 0.6) is 0 Å². The molecule has 3 atom stereocenters. The monoisotopic (exact) mass is 286 g/mol. The molecular formula is C17H22N2O2. The second kappa shape index (κ2) is 5.43. The van der Waals surface area contributed by atoms with Crippen LogP contribution in [0.15, 0.2) is 28.7 Å². The third-order valence-electron chi connectivity index (χ3n) is 4.70. The number of carbonyl (C=O) groups excluding carboxylic acids is 1. The molecule has 0 saturated heterocycles. The van der Waals surface area contributed by atoms with Gasteiger partial charge in [-0.3, -0.25) is 4.79 Å². The van der Waals surface area contributed by atoms with Crippen LogP contribution in [0.25, 0.3) is 11.0 Å². The predicted octanol–water partition coefficient (Wildman–Crippen LogP) is 3.57. The number of nitrogen functional groups attached to an aromatic ring is 1. The molecule has 21 heavy (non-hydrogen) atoms. The van der Waals surface area contributed by atoms with Gasteiger partial charge in [0.15, 0.2) is 5.76 Å². The van der Waals surface area contributed by atoms with Gasteiger partial charge in [0, 0.05) is 17.1 Å². The van der Waals surface area contributed by atoms with E-state index in [1.165, 1.54) is 6.42 Å². The van der Waals surface area contributed by atoms with E-state index in [0.29, 0.717) is 22.9 Å². The summed E-state index contributed by atoms with van der Waals surface area (Å²) in [6.45, 7) is 4.54. The van der Waals surface area contributed by atoms with Gasteiger partial charge in [-0.05, 0) is 55.4 Å². The van der Waals surface area contributed by atoms with Gasteiger partial charge in [-0.15, -0.1) is 0 Å². The number of rotatable bonds is 2. The Hall–Kier alpha value is -1.97. The molecule has 4 heteroatoms. The standard InChI is InChI=1S/C17H22N2O2/c1-10-3-5-14(7-11(10)2)19-17(20)16-9-12-8-13(18)4-6-15(12)21-16/h4,6,8-11,14H,3,5,7,18H2,1-2H3,(H,19,20). The van der Waals surface area contributed by atoms with Gasteiger partial charge in [-0.2, -0.15) is 0 Å².